The second-order valence-electron chi connectivity index (χ2n) is 7.53. The van der Waals surface area contributed by atoms with Crippen LogP contribution in [-0.4, -0.2) is 36.8 Å². The number of nitrogens with one attached hydrogen (secondary N) is 2. The Morgan fingerprint density at radius 3 is 2.34 bits per heavy atom. The van der Waals surface area contributed by atoms with Crippen LogP contribution < -0.4 is 20.3 Å². The lowest BCUT2D eigenvalue weighted by Gasteiger charge is -2.13. The Balaban J connectivity index is 2.04. The fourth-order valence-electron chi connectivity index (χ4n) is 3.25. The van der Waals surface area contributed by atoms with Gasteiger partial charge in [0.1, 0.15) is 11.4 Å². The molecular weight excluding hydrogens is 432 g/mol. The first-order valence-corrected chi connectivity index (χ1v) is 11.4. The molecule has 3 rings (SSSR count). The molecule has 0 bridgehead atoms. The van der Waals surface area contributed by atoms with Gasteiger partial charge in [-0.1, -0.05) is 18.2 Å². The number of carbonyl (C=O) groups is 1. The van der Waals surface area contributed by atoms with Crippen LogP contribution in [0.5, 0.6) is 5.75 Å². The minimum atomic E-state index is -4.17. The third kappa shape index (κ3) is 4.40. The van der Waals surface area contributed by atoms with E-state index in [2.05, 4.69) is 10.0 Å². The van der Waals surface area contributed by atoms with E-state index < -0.39 is 21.5 Å². The Labute approximate surface area is 186 Å². The lowest BCUT2D eigenvalue weighted by Crippen LogP contribution is -2.30. The maximum Gasteiger partial charge on any atom is 0.296 e. The molecule has 9 nitrogen and oxygen atoms in total. The third-order valence-corrected chi connectivity index (χ3v) is 6.28. The van der Waals surface area contributed by atoms with Gasteiger partial charge in [-0.2, -0.15) is 0 Å². The van der Waals surface area contributed by atoms with Gasteiger partial charge in [0.2, 0.25) is 0 Å². The Morgan fingerprint density at radius 1 is 1.09 bits per heavy atom. The summed E-state index contributed by atoms with van der Waals surface area (Å²) in [5, 5.41) is 2.72. The molecule has 0 radical (unpaired) electrons. The molecule has 0 unspecified atom stereocenters. The lowest BCUT2D eigenvalue weighted by atomic mass is 10.2. The molecule has 0 fully saturated rings. The van der Waals surface area contributed by atoms with Gasteiger partial charge in [-0.25, -0.2) is 13.1 Å². The van der Waals surface area contributed by atoms with Crippen LogP contribution >= 0.6 is 0 Å². The Bertz CT molecular complexity index is 1310. The van der Waals surface area contributed by atoms with E-state index in [1.807, 2.05) is 6.07 Å². The second kappa shape index (κ2) is 8.91. The molecule has 0 aliphatic rings. The van der Waals surface area contributed by atoms with E-state index in [4.69, 9.17) is 4.74 Å². The van der Waals surface area contributed by atoms with Gasteiger partial charge in [0.25, 0.3) is 21.5 Å². The molecule has 1 aromatic heterocycles. The number of nitrogens with zero attached hydrogens (tertiary/aromatic N) is 2. The van der Waals surface area contributed by atoms with E-state index in [0.717, 1.165) is 0 Å². The van der Waals surface area contributed by atoms with E-state index >= 15 is 0 Å². The molecule has 1 amide bonds. The first kappa shape index (κ1) is 23.1. The molecule has 170 valence electrons. The summed E-state index contributed by atoms with van der Waals surface area (Å²) >= 11 is 0. The zero-order valence-electron chi connectivity index (χ0n) is 18.5. The average molecular weight is 459 g/mol. The first-order chi connectivity index (χ1) is 15.1. The van der Waals surface area contributed by atoms with E-state index in [-0.39, 0.29) is 27.9 Å². The molecule has 0 aliphatic carbocycles. The number of hydrogen-bond acceptors (Lipinski definition) is 5. The summed E-state index contributed by atoms with van der Waals surface area (Å²) in [6.45, 7) is 5.24. The molecule has 0 saturated carbocycles. The quantitative estimate of drug-likeness (QED) is 0.565. The van der Waals surface area contributed by atoms with Crippen molar-refractivity contribution < 1.29 is 17.9 Å². The van der Waals surface area contributed by atoms with Crippen LogP contribution in [0.25, 0.3) is 5.69 Å². The number of amides is 1. The van der Waals surface area contributed by atoms with Gasteiger partial charge in [-0.3, -0.25) is 19.0 Å². The summed E-state index contributed by atoms with van der Waals surface area (Å²) in [5.41, 5.74) is 0.543. The van der Waals surface area contributed by atoms with E-state index in [0.29, 0.717) is 11.4 Å². The number of rotatable bonds is 7. The van der Waals surface area contributed by atoms with Gasteiger partial charge in [-0.05, 0) is 51.1 Å². The highest BCUT2D eigenvalue weighted by atomic mass is 32.2. The van der Waals surface area contributed by atoms with Gasteiger partial charge in [0.15, 0.2) is 0 Å². The highest BCUT2D eigenvalue weighted by molar-refractivity contribution is 7.92. The van der Waals surface area contributed by atoms with Crippen molar-refractivity contribution in [2.75, 3.05) is 11.8 Å². The van der Waals surface area contributed by atoms with Crippen LogP contribution in [0.1, 0.15) is 29.9 Å². The first-order valence-electron chi connectivity index (χ1n) is 9.92. The molecule has 2 aromatic carbocycles. The summed E-state index contributed by atoms with van der Waals surface area (Å²) in [6, 6.07) is 12.7. The van der Waals surface area contributed by atoms with Crippen molar-refractivity contribution in [2.45, 2.75) is 31.7 Å². The minimum Gasteiger partial charge on any atom is -0.496 e. The minimum absolute atomic E-state index is 0.0691. The Hall–Kier alpha value is -3.53. The van der Waals surface area contributed by atoms with E-state index in [1.165, 1.54) is 30.0 Å². The molecule has 2 N–H and O–H groups in total. The van der Waals surface area contributed by atoms with Gasteiger partial charge >= 0.3 is 0 Å². The number of para-hydroxylation sites is 1. The van der Waals surface area contributed by atoms with Gasteiger partial charge < -0.3 is 10.1 Å². The zero-order valence-corrected chi connectivity index (χ0v) is 19.4. The highest BCUT2D eigenvalue weighted by Crippen LogP contribution is 2.25. The number of carbonyl (C=O) groups excluding carboxylic acids is 1. The lowest BCUT2D eigenvalue weighted by molar-refractivity contribution is 0.0940. The Kier molecular flexibility index (Phi) is 6.45. The van der Waals surface area contributed by atoms with Crippen molar-refractivity contribution in [2.24, 2.45) is 7.05 Å². The van der Waals surface area contributed by atoms with E-state index in [1.54, 1.807) is 56.8 Å². The smallest absolute Gasteiger partial charge is 0.296 e. The van der Waals surface area contributed by atoms with E-state index in [9.17, 15) is 18.0 Å². The van der Waals surface area contributed by atoms with Crippen LogP contribution in [0.4, 0.5) is 5.69 Å². The van der Waals surface area contributed by atoms with Crippen LogP contribution in [-0.2, 0) is 17.1 Å². The van der Waals surface area contributed by atoms with Crippen molar-refractivity contribution in [1.29, 1.82) is 0 Å². The van der Waals surface area contributed by atoms with Crippen molar-refractivity contribution >= 4 is 21.6 Å². The molecule has 0 spiro atoms. The SMILES string of the molecule is COc1ccc(S(=O)(=O)Nc2c(C)n(C)n(-c3ccccc3)c2=O)cc1C(=O)NC(C)C. The van der Waals surface area contributed by atoms with Crippen molar-refractivity contribution in [3.05, 3.63) is 70.1 Å². The highest BCUT2D eigenvalue weighted by Gasteiger charge is 2.24. The maximum absolute atomic E-state index is 13.1. The molecule has 0 aliphatic heterocycles. The van der Waals surface area contributed by atoms with Crippen molar-refractivity contribution in [3.8, 4) is 11.4 Å². The second-order valence-corrected chi connectivity index (χ2v) is 9.21. The molecule has 10 heteroatoms. The molecule has 32 heavy (non-hydrogen) atoms. The fraction of sp³-hybridized carbons (Fsp3) is 0.273. The average Bonchev–Trinajstić information content (AvgIpc) is 2.96. The number of methoxy groups -OCH3 is 1. The predicted molar refractivity (Wildman–Crippen MR) is 122 cm³/mol. The molecular formula is C22H26N4O5S. The summed E-state index contributed by atoms with van der Waals surface area (Å²) < 4.78 is 36.8. The summed E-state index contributed by atoms with van der Waals surface area (Å²) in [6.07, 6.45) is 0. The fourth-order valence-corrected chi connectivity index (χ4v) is 4.39. The zero-order chi connectivity index (χ0) is 23.6. The molecule has 3 aromatic rings. The standard InChI is InChI=1S/C22H26N4O5S/c1-14(2)23-21(27)18-13-17(11-12-19(18)31-5)32(29,30)24-20-15(3)25(4)26(22(20)28)16-9-7-6-8-10-16/h6-14,24H,1-5H3,(H,23,27). The van der Waals surface area contributed by atoms with Crippen LogP contribution in [0.2, 0.25) is 0 Å². The molecule has 0 saturated heterocycles. The molecule has 1 heterocycles. The largest absolute Gasteiger partial charge is 0.496 e. The number of aromatic nitrogens is 2. The van der Waals surface area contributed by atoms with Crippen molar-refractivity contribution in [1.82, 2.24) is 14.7 Å². The van der Waals surface area contributed by atoms with Crippen LogP contribution in [0.3, 0.4) is 0 Å². The van der Waals surface area contributed by atoms with Crippen LogP contribution in [0.15, 0.2) is 58.2 Å². The predicted octanol–water partition coefficient (Wildman–Crippen LogP) is 2.43. The maximum atomic E-state index is 13.1. The number of benzene rings is 2. The number of anilines is 1. The number of ether oxygens (including phenoxy) is 1. The summed E-state index contributed by atoms with van der Waals surface area (Å²) in [7, 11) is -1.10. The topological polar surface area (TPSA) is 111 Å². The van der Waals surface area contributed by atoms with Gasteiger partial charge in [0, 0.05) is 13.1 Å². The number of hydrogen-bond donors (Lipinski definition) is 2. The monoisotopic (exact) mass is 458 g/mol. The van der Waals surface area contributed by atoms with Gasteiger partial charge in [-0.15, -0.1) is 0 Å². The summed E-state index contributed by atoms with van der Waals surface area (Å²) in [5.74, 6) is -0.222. The molecule has 0 atom stereocenters. The summed E-state index contributed by atoms with van der Waals surface area (Å²) in [4.78, 5) is 25.4. The third-order valence-electron chi connectivity index (χ3n) is 4.94. The van der Waals surface area contributed by atoms with Crippen LogP contribution in [0, 0.1) is 6.92 Å². The number of sulfonamides is 1. The normalized spacial score (nSPS) is 11.4. The van der Waals surface area contributed by atoms with Crippen molar-refractivity contribution in [3.63, 3.8) is 0 Å². The Morgan fingerprint density at radius 2 is 1.75 bits per heavy atom. The van der Waals surface area contributed by atoms with Gasteiger partial charge in [0.05, 0.1) is 29.0 Å².